The van der Waals surface area contributed by atoms with E-state index in [2.05, 4.69) is 59.2 Å². The number of hydrogen-bond donors (Lipinski definition) is 2. The zero-order valence-corrected chi connectivity index (χ0v) is 15.4. The highest BCUT2D eigenvalue weighted by atomic mass is 16.5. The maximum atomic E-state index is 5.25. The van der Waals surface area contributed by atoms with Crippen LogP contribution in [0.5, 0.6) is 0 Å². The van der Waals surface area contributed by atoms with Crippen LogP contribution in [0.4, 0.5) is 5.69 Å². The molecule has 2 aliphatic heterocycles. The Morgan fingerprint density at radius 1 is 1.04 bits per heavy atom. The van der Waals surface area contributed by atoms with Crippen molar-refractivity contribution in [2.45, 2.75) is 32.4 Å². The van der Waals surface area contributed by atoms with Crippen LogP contribution in [0.3, 0.4) is 0 Å². The number of nitrogens with zero attached hydrogens (tertiary/aromatic N) is 1. The summed E-state index contributed by atoms with van der Waals surface area (Å²) in [4.78, 5) is 5.07. The predicted octanol–water partition coefficient (Wildman–Crippen LogP) is 3.77. The Morgan fingerprint density at radius 3 is 2.69 bits per heavy atom. The van der Waals surface area contributed by atoms with Crippen LogP contribution in [-0.2, 0) is 24.3 Å². The number of para-hydroxylation sites is 1. The second-order valence-corrected chi connectivity index (χ2v) is 7.41. The third-order valence-electron chi connectivity index (χ3n) is 5.58. The Balaban J connectivity index is 1.62. The smallest absolute Gasteiger partial charge is 0.108 e. The van der Waals surface area contributed by atoms with Gasteiger partial charge in [0.25, 0.3) is 0 Å². The van der Waals surface area contributed by atoms with Gasteiger partial charge in [0.2, 0.25) is 0 Å². The fraction of sp³-hybridized carbons (Fsp3) is 0.409. The van der Waals surface area contributed by atoms with E-state index in [1.165, 1.54) is 22.4 Å². The lowest BCUT2D eigenvalue weighted by Gasteiger charge is -2.42. The van der Waals surface area contributed by atoms with Crippen LogP contribution in [0.25, 0.3) is 0 Å². The molecule has 1 fully saturated rings. The highest BCUT2D eigenvalue weighted by Crippen LogP contribution is 2.40. The number of hydrogen-bond acceptors (Lipinski definition) is 3. The minimum absolute atomic E-state index is 0.143. The van der Waals surface area contributed by atoms with E-state index in [1.807, 2.05) is 0 Å². The fourth-order valence-corrected chi connectivity index (χ4v) is 4.19. The van der Waals surface area contributed by atoms with Crippen molar-refractivity contribution in [2.24, 2.45) is 10.4 Å². The number of ether oxygens (including phenoxy) is 1. The molecule has 4 heteroatoms. The van der Waals surface area contributed by atoms with Crippen LogP contribution in [-0.4, -0.2) is 26.0 Å². The van der Waals surface area contributed by atoms with Crippen molar-refractivity contribution in [1.82, 2.24) is 5.32 Å². The van der Waals surface area contributed by atoms with Gasteiger partial charge >= 0.3 is 0 Å². The van der Waals surface area contributed by atoms with Crippen LogP contribution >= 0.6 is 0 Å². The molecule has 4 nitrogen and oxygen atoms in total. The molecule has 0 saturated carbocycles. The Hall–Kier alpha value is -2.17. The third-order valence-corrected chi connectivity index (χ3v) is 5.58. The number of nitrogens with one attached hydrogen (secondary N) is 2. The normalized spacial score (nSPS) is 20.0. The number of rotatable bonds is 4. The van der Waals surface area contributed by atoms with Crippen molar-refractivity contribution in [2.75, 3.05) is 25.5 Å². The molecule has 1 saturated heterocycles. The van der Waals surface area contributed by atoms with E-state index in [0.717, 1.165) is 38.2 Å². The van der Waals surface area contributed by atoms with Crippen molar-refractivity contribution >= 4 is 11.5 Å². The molecule has 1 spiro atoms. The molecule has 0 atom stereocenters. The summed E-state index contributed by atoms with van der Waals surface area (Å²) in [6.07, 6.45) is 3.36. The highest BCUT2D eigenvalue weighted by Gasteiger charge is 2.40. The lowest BCUT2D eigenvalue weighted by Crippen LogP contribution is -2.48. The summed E-state index contributed by atoms with van der Waals surface area (Å²) in [5, 5.41) is 7.16. The Morgan fingerprint density at radius 2 is 1.85 bits per heavy atom. The number of aliphatic imine (C=N–C) groups is 1. The average molecular weight is 349 g/mol. The van der Waals surface area contributed by atoms with Gasteiger partial charge in [-0.25, -0.2) is 0 Å². The topological polar surface area (TPSA) is 45.6 Å². The zero-order valence-electron chi connectivity index (χ0n) is 15.4. The molecule has 26 heavy (non-hydrogen) atoms. The van der Waals surface area contributed by atoms with Crippen LogP contribution in [0.1, 0.15) is 29.5 Å². The summed E-state index contributed by atoms with van der Waals surface area (Å²) < 4.78 is 5.25. The number of piperidine rings is 1. The van der Waals surface area contributed by atoms with Gasteiger partial charge in [0.1, 0.15) is 5.84 Å². The minimum atomic E-state index is 0.143. The van der Waals surface area contributed by atoms with E-state index < -0.39 is 0 Å². The van der Waals surface area contributed by atoms with Gasteiger partial charge in [-0.15, -0.1) is 0 Å². The Kier molecular flexibility index (Phi) is 5.05. The molecule has 0 aliphatic carbocycles. The maximum Gasteiger partial charge on any atom is 0.108 e. The second kappa shape index (κ2) is 7.60. The number of anilines is 1. The Bertz CT molecular complexity index is 793. The molecular formula is C22H27N3O. The summed E-state index contributed by atoms with van der Waals surface area (Å²) in [5.41, 5.74) is 5.20. The van der Waals surface area contributed by atoms with Gasteiger partial charge < -0.3 is 15.4 Å². The van der Waals surface area contributed by atoms with E-state index >= 15 is 0 Å². The minimum Gasteiger partial charge on any atom is -0.380 e. The summed E-state index contributed by atoms with van der Waals surface area (Å²) in [5.74, 6) is 1.16. The van der Waals surface area contributed by atoms with Gasteiger partial charge in [0.05, 0.1) is 13.2 Å². The molecule has 2 aromatic carbocycles. The molecule has 136 valence electrons. The number of fused-ring (bicyclic) bond motifs is 1. The molecule has 0 amide bonds. The molecule has 4 rings (SSSR count). The highest BCUT2D eigenvalue weighted by molar-refractivity contribution is 6.02. The number of amidine groups is 1. The van der Waals surface area contributed by atoms with Gasteiger partial charge in [0, 0.05) is 18.2 Å². The van der Waals surface area contributed by atoms with E-state index in [1.54, 1.807) is 7.11 Å². The summed E-state index contributed by atoms with van der Waals surface area (Å²) in [6.45, 7) is 3.47. The van der Waals surface area contributed by atoms with Gasteiger partial charge in [-0.05, 0) is 55.1 Å². The molecule has 2 heterocycles. The number of methoxy groups -OCH3 is 1. The lowest BCUT2D eigenvalue weighted by molar-refractivity contribution is 0.185. The first-order chi connectivity index (χ1) is 12.8. The van der Waals surface area contributed by atoms with Crippen molar-refractivity contribution in [3.05, 3.63) is 65.2 Å². The first kappa shape index (κ1) is 17.3. The molecular weight excluding hydrogens is 322 g/mol. The third kappa shape index (κ3) is 3.53. The molecule has 0 radical (unpaired) electrons. The van der Waals surface area contributed by atoms with Crippen molar-refractivity contribution in [3.63, 3.8) is 0 Å². The van der Waals surface area contributed by atoms with E-state index in [-0.39, 0.29) is 5.41 Å². The maximum absolute atomic E-state index is 5.25. The van der Waals surface area contributed by atoms with Gasteiger partial charge in [0.15, 0.2) is 0 Å². The van der Waals surface area contributed by atoms with Gasteiger partial charge in [-0.1, -0.05) is 42.5 Å². The quantitative estimate of drug-likeness (QED) is 0.883. The van der Waals surface area contributed by atoms with Crippen LogP contribution < -0.4 is 10.6 Å². The molecule has 0 aromatic heterocycles. The summed E-state index contributed by atoms with van der Waals surface area (Å²) in [6, 6.07) is 17.2. The Labute approximate surface area is 155 Å². The van der Waals surface area contributed by atoms with Crippen molar-refractivity contribution in [1.29, 1.82) is 0 Å². The predicted molar refractivity (Wildman–Crippen MR) is 107 cm³/mol. The first-order valence-corrected chi connectivity index (χ1v) is 9.46. The SMILES string of the molecule is COCc1cccc(CN=C2Nc3ccccc3CC23CCNCC3)c1. The summed E-state index contributed by atoms with van der Waals surface area (Å²) >= 11 is 0. The summed E-state index contributed by atoms with van der Waals surface area (Å²) in [7, 11) is 1.73. The van der Waals surface area contributed by atoms with Crippen molar-refractivity contribution < 1.29 is 4.74 Å². The molecule has 2 N–H and O–H groups in total. The van der Waals surface area contributed by atoms with E-state index in [4.69, 9.17) is 9.73 Å². The van der Waals surface area contributed by atoms with Gasteiger partial charge in [-0.3, -0.25) is 4.99 Å². The monoisotopic (exact) mass is 349 g/mol. The van der Waals surface area contributed by atoms with Crippen LogP contribution in [0.15, 0.2) is 53.5 Å². The molecule has 2 aliphatic rings. The molecule has 0 bridgehead atoms. The van der Waals surface area contributed by atoms with E-state index in [0.29, 0.717) is 13.2 Å². The van der Waals surface area contributed by atoms with E-state index in [9.17, 15) is 0 Å². The van der Waals surface area contributed by atoms with Gasteiger partial charge in [-0.2, -0.15) is 0 Å². The zero-order chi connectivity index (χ0) is 17.8. The fourth-order valence-electron chi connectivity index (χ4n) is 4.19. The average Bonchev–Trinajstić information content (AvgIpc) is 2.68. The lowest BCUT2D eigenvalue weighted by atomic mass is 9.71. The largest absolute Gasteiger partial charge is 0.380 e. The van der Waals surface area contributed by atoms with Crippen LogP contribution in [0.2, 0.25) is 0 Å². The molecule has 0 unspecified atom stereocenters. The second-order valence-electron chi connectivity index (χ2n) is 7.41. The molecule has 2 aromatic rings. The number of benzene rings is 2. The standard InChI is InChI=1S/C22H27N3O/c1-26-16-18-6-4-5-17(13-18)15-24-21-22(9-11-23-12-10-22)14-19-7-2-3-8-20(19)25-21/h2-8,13,23H,9-12,14-16H2,1H3,(H,24,25). The van der Waals surface area contributed by atoms with Crippen molar-refractivity contribution in [3.8, 4) is 0 Å². The van der Waals surface area contributed by atoms with Crippen LogP contribution in [0, 0.1) is 5.41 Å². The first-order valence-electron chi connectivity index (χ1n) is 9.46.